The number of nitrogens with one attached hydrogen (secondary N) is 1. The topological polar surface area (TPSA) is 54.7 Å². The molecule has 0 radical (unpaired) electrons. The van der Waals surface area contributed by atoms with Crippen LogP contribution in [0.5, 0.6) is 0 Å². The fourth-order valence-corrected chi connectivity index (χ4v) is 2.15. The van der Waals surface area contributed by atoms with Gasteiger partial charge in [-0.15, -0.1) is 0 Å². The summed E-state index contributed by atoms with van der Waals surface area (Å²) in [7, 11) is 0. The Hall–Kier alpha value is -1.88. The number of aromatic nitrogens is 2. The van der Waals surface area contributed by atoms with E-state index < -0.39 is 5.82 Å². The van der Waals surface area contributed by atoms with Gasteiger partial charge in [0.25, 0.3) is 0 Å². The van der Waals surface area contributed by atoms with Gasteiger partial charge in [-0.3, -0.25) is 0 Å². The summed E-state index contributed by atoms with van der Waals surface area (Å²) < 4.78 is 14.4. The summed E-state index contributed by atoms with van der Waals surface area (Å²) in [5.74, 6) is 0.191. The highest BCUT2D eigenvalue weighted by molar-refractivity contribution is 9.10. The van der Waals surface area contributed by atoms with Crippen LogP contribution in [0.25, 0.3) is 22.4 Å². The maximum atomic E-state index is 13.4. The molecule has 0 aliphatic carbocycles. The Bertz CT molecular complexity index is 736. The zero-order valence-corrected chi connectivity index (χ0v) is 10.8. The van der Waals surface area contributed by atoms with Crippen molar-refractivity contribution in [3.63, 3.8) is 0 Å². The first kappa shape index (κ1) is 11.2. The first-order chi connectivity index (χ1) is 8.63. The normalized spacial score (nSPS) is 11.0. The Morgan fingerprint density at radius 1 is 1.17 bits per heavy atom. The Kier molecular flexibility index (Phi) is 2.56. The highest BCUT2D eigenvalue weighted by atomic mass is 79.9. The molecule has 0 saturated heterocycles. The third-order valence-corrected chi connectivity index (χ3v) is 3.21. The van der Waals surface area contributed by atoms with E-state index in [1.807, 2.05) is 18.2 Å². The molecule has 0 aliphatic heterocycles. The number of H-pyrrole nitrogens is 1. The van der Waals surface area contributed by atoms with E-state index in [1.165, 1.54) is 12.1 Å². The minimum absolute atomic E-state index is 0.137. The lowest BCUT2D eigenvalue weighted by atomic mass is 10.2. The summed E-state index contributed by atoms with van der Waals surface area (Å²) >= 11 is 3.39. The quantitative estimate of drug-likeness (QED) is 0.673. The van der Waals surface area contributed by atoms with Crippen molar-refractivity contribution in [2.75, 3.05) is 5.73 Å². The van der Waals surface area contributed by atoms with E-state index in [0.29, 0.717) is 11.4 Å². The number of rotatable bonds is 1. The zero-order chi connectivity index (χ0) is 12.7. The van der Waals surface area contributed by atoms with Crippen molar-refractivity contribution in [2.24, 2.45) is 0 Å². The lowest BCUT2D eigenvalue weighted by molar-refractivity contribution is 0.633. The molecule has 1 heterocycles. The van der Waals surface area contributed by atoms with Crippen molar-refractivity contribution < 1.29 is 4.39 Å². The first-order valence-electron chi connectivity index (χ1n) is 5.34. The fraction of sp³-hybridized carbons (Fsp3) is 0. The number of halogens is 2. The van der Waals surface area contributed by atoms with Crippen molar-refractivity contribution in [3.8, 4) is 11.4 Å². The molecule has 0 bridgehead atoms. The van der Waals surface area contributed by atoms with Crippen molar-refractivity contribution in [1.82, 2.24) is 9.97 Å². The summed E-state index contributed by atoms with van der Waals surface area (Å²) in [5.41, 5.74) is 8.00. The van der Waals surface area contributed by atoms with Crippen LogP contribution >= 0.6 is 15.9 Å². The van der Waals surface area contributed by atoms with Gasteiger partial charge in [-0.25, -0.2) is 9.37 Å². The highest BCUT2D eigenvalue weighted by Gasteiger charge is 2.07. The van der Waals surface area contributed by atoms with Crippen LogP contribution in [0.4, 0.5) is 10.1 Å². The van der Waals surface area contributed by atoms with Crippen LogP contribution in [0.3, 0.4) is 0 Å². The Labute approximate surface area is 111 Å². The van der Waals surface area contributed by atoms with E-state index in [-0.39, 0.29) is 5.69 Å². The molecule has 3 nitrogen and oxygen atoms in total. The molecule has 0 unspecified atom stereocenters. The van der Waals surface area contributed by atoms with Crippen LogP contribution < -0.4 is 5.73 Å². The molecule has 5 heteroatoms. The molecule has 3 rings (SSSR count). The molecule has 1 aromatic heterocycles. The number of hydrogen-bond donors (Lipinski definition) is 2. The fourth-order valence-electron chi connectivity index (χ4n) is 1.79. The number of hydrogen-bond acceptors (Lipinski definition) is 2. The molecule has 90 valence electrons. The van der Waals surface area contributed by atoms with Crippen molar-refractivity contribution in [3.05, 3.63) is 46.7 Å². The maximum absolute atomic E-state index is 13.4. The number of aromatic amines is 1. The van der Waals surface area contributed by atoms with Gasteiger partial charge < -0.3 is 10.7 Å². The van der Waals surface area contributed by atoms with E-state index in [1.54, 1.807) is 6.07 Å². The smallest absolute Gasteiger partial charge is 0.146 e. The van der Waals surface area contributed by atoms with Gasteiger partial charge in [-0.1, -0.05) is 15.9 Å². The van der Waals surface area contributed by atoms with Gasteiger partial charge in [0.1, 0.15) is 11.6 Å². The lowest BCUT2D eigenvalue weighted by Gasteiger charge is -1.99. The van der Waals surface area contributed by atoms with Gasteiger partial charge in [0, 0.05) is 10.0 Å². The number of imidazole rings is 1. The second-order valence-corrected chi connectivity index (χ2v) is 4.90. The number of anilines is 1. The standard InChI is InChI=1S/C13H9BrFN3/c14-8-2-4-11-12(6-8)18-13(17-11)7-1-3-10(16)9(15)5-7/h1-6H,16H2,(H,17,18). The third-order valence-electron chi connectivity index (χ3n) is 2.72. The molecule has 0 aliphatic rings. The summed E-state index contributed by atoms with van der Waals surface area (Å²) in [6, 6.07) is 10.4. The monoisotopic (exact) mass is 305 g/mol. The van der Waals surface area contributed by atoms with E-state index in [2.05, 4.69) is 25.9 Å². The molecule has 18 heavy (non-hydrogen) atoms. The molecule has 0 spiro atoms. The SMILES string of the molecule is Nc1ccc(-c2nc3ccc(Br)cc3[nH]2)cc1F. The molecule has 2 aromatic carbocycles. The van der Waals surface area contributed by atoms with Gasteiger partial charge in [-0.2, -0.15) is 0 Å². The molecule has 0 atom stereocenters. The van der Waals surface area contributed by atoms with Gasteiger partial charge in [0.05, 0.1) is 16.7 Å². The van der Waals surface area contributed by atoms with E-state index in [0.717, 1.165) is 15.5 Å². The summed E-state index contributed by atoms with van der Waals surface area (Å²) in [4.78, 5) is 7.56. The average Bonchev–Trinajstić information content (AvgIpc) is 2.75. The van der Waals surface area contributed by atoms with Crippen LogP contribution in [-0.2, 0) is 0 Å². The summed E-state index contributed by atoms with van der Waals surface area (Å²) in [6.45, 7) is 0. The van der Waals surface area contributed by atoms with E-state index >= 15 is 0 Å². The summed E-state index contributed by atoms with van der Waals surface area (Å²) in [6.07, 6.45) is 0. The minimum Gasteiger partial charge on any atom is -0.396 e. The maximum Gasteiger partial charge on any atom is 0.146 e. The lowest BCUT2D eigenvalue weighted by Crippen LogP contribution is -1.91. The Morgan fingerprint density at radius 2 is 2.00 bits per heavy atom. The third kappa shape index (κ3) is 1.86. The predicted octanol–water partition coefficient (Wildman–Crippen LogP) is 3.71. The predicted molar refractivity (Wildman–Crippen MR) is 73.6 cm³/mol. The molecule has 3 N–H and O–H groups in total. The molecule has 3 aromatic rings. The van der Waals surface area contributed by atoms with Crippen LogP contribution in [0.15, 0.2) is 40.9 Å². The molecule has 0 saturated carbocycles. The summed E-state index contributed by atoms with van der Waals surface area (Å²) in [5, 5.41) is 0. The van der Waals surface area contributed by atoms with Gasteiger partial charge >= 0.3 is 0 Å². The highest BCUT2D eigenvalue weighted by Crippen LogP contribution is 2.24. The largest absolute Gasteiger partial charge is 0.396 e. The molecular formula is C13H9BrFN3. The second kappa shape index (κ2) is 4.10. The zero-order valence-electron chi connectivity index (χ0n) is 9.24. The second-order valence-electron chi connectivity index (χ2n) is 3.98. The Balaban J connectivity index is 2.16. The number of fused-ring (bicyclic) bond motifs is 1. The number of benzene rings is 2. The Morgan fingerprint density at radius 3 is 2.78 bits per heavy atom. The number of nitrogen functional groups attached to an aromatic ring is 1. The molecular weight excluding hydrogens is 297 g/mol. The average molecular weight is 306 g/mol. The van der Waals surface area contributed by atoms with Crippen molar-refractivity contribution in [2.45, 2.75) is 0 Å². The number of nitrogens with two attached hydrogens (primary N) is 1. The van der Waals surface area contributed by atoms with E-state index in [4.69, 9.17) is 5.73 Å². The van der Waals surface area contributed by atoms with Gasteiger partial charge in [0.2, 0.25) is 0 Å². The van der Waals surface area contributed by atoms with Crippen molar-refractivity contribution >= 4 is 32.7 Å². The minimum atomic E-state index is -0.436. The first-order valence-corrected chi connectivity index (χ1v) is 6.13. The van der Waals surface area contributed by atoms with Crippen LogP contribution in [0.1, 0.15) is 0 Å². The van der Waals surface area contributed by atoms with Crippen LogP contribution in [0.2, 0.25) is 0 Å². The molecule has 0 fully saturated rings. The molecule has 0 amide bonds. The van der Waals surface area contributed by atoms with Crippen LogP contribution in [-0.4, -0.2) is 9.97 Å². The van der Waals surface area contributed by atoms with Gasteiger partial charge in [-0.05, 0) is 36.4 Å². The number of nitrogens with zero attached hydrogens (tertiary/aromatic N) is 1. The van der Waals surface area contributed by atoms with E-state index in [9.17, 15) is 4.39 Å². The van der Waals surface area contributed by atoms with Crippen LogP contribution in [0, 0.1) is 5.82 Å². The van der Waals surface area contributed by atoms with Gasteiger partial charge in [0.15, 0.2) is 0 Å². The van der Waals surface area contributed by atoms with Crippen molar-refractivity contribution in [1.29, 1.82) is 0 Å².